The first-order valence-electron chi connectivity index (χ1n) is 8.15. The summed E-state index contributed by atoms with van der Waals surface area (Å²) < 4.78 is 11.0. The highest BCUT2D eigenvalue weighted by atomic mass is 16.5. The molecule has 2 aliphatic carbocycles. The molecule has 3 nitrogen and oxygen atoms in total. The summed E-state index contributed by atoms with van der Waals surface area (Å²) in [6.07, 6.45) is 8.67. The van der Waals surface area contributed by atoms with E-state index in [1.807, 2.05) is 6.07 Å². The van der Waals surface area contributed by atoms with Crippen molar-refractivity contribution in [1.29, 1.82) is 0 Å². The quantitative estimate of drug-likeness (QED) is 0.890. The minimum atomic E-state index is 0.167. The van der Waals surface area contributed by atoms with Crippen LogP contribution in [0.1, 0.15) is 68.9 Å². The van der Waals surface area contributed by atoms with Crippen LogP contribution in [0, 0.1) is 0 Å². The molecule has 0 aromatic heterocycles. The molecule has 0 aliphatic heterocycles. The summed E-state index contributed by atoms with van der Waals surface area (Å²) in [6, 6.07) is 2.05. The van der Waals surface area contributed by atoms with E-state index < -0.39 is 0 Å². The molecule has 1 fully saturated rings. The van der Waals surface area contributed by atoms with Crippen LogP contribution in [0.15, 0.2) is 6.07 Å². The maximum Gasteiger partial charge on any atom is 0.201 e. The second-order valence-corrected chi connectivity index (χ2v) is 6.58. The molecule has 0 radical (unpaired) electrons. The number of hydrogen-bond acceptors (Lipinski definition) is 3. The smallest absolute Gasteiger partial charge is 0.201 e. The van der Waals surface area contributed by atoms with Crippen LogP contribution in [-0.4, -0.2) is 19.3 Å². The lowest BCUT2D eigenvalue weighted by Crippen LogP contribution is -2.27. The van der Waals surface area contributed by atoms with E-state index in [-0.39, 0.29) is 11.2 Å². The summed E-state index contributed by atoms with van der Waals surface area (Å²) in [5, 5.41) is 10.5. The Balaban J connectivity index is 2.21. The summed E-state index contributed by atoms with van der Waals surface area (Å²) in [5.74, 6) is 1.92. The third-order valence-corrected chi connectivity index (χ3v) is 5.59. The van der Waals surface area contributed by atoms with Crippen molar-refractivity contribution in [3.05, 3.63) is 17.2 Å². The van der Waals surface area contributed by atoms with E-state index in [1.165, 1.54) is 49.7 Å². The van der Waals surface area contributed by atoms with Crippen LogP contribution in [0.25, 0.3) is 0 Å². The van der Waals surface area contributed by atoms with E-state index in [0.29, 0.717) is 17.4 Å². The number of rotatable bonds is 3. The molecule has 0 saturated heterocycles. The molecule has 3 heteroatoms. The molecule has 0 unspecified atom stereocenters. The summed E-state index contributed by atoms with van der Waals surface area (Å²) in [5.41, 5.74) is 2.82. The second kappa shape index (κ2) is 5.43. The van der Waals surface area contributed by atoms with Crippen molar-refractivity contribution in [1.82, 2.24) is 0 Å². The highest BCUT2D eigenvalue weighted by Crippen LogP contribution is 2.60. The van der Waals surface area contributed by atoms with Gasteiger partial charge in [0.1, 0.15) is 0 Å². The number of ether oxygens (including phenoxy) is 2. The number of hydrogen-bond donors (Lipinski definition) is 1. The van der Waals surface area contributed by atoms with Gasteiger partial charge < -0.3 is 14.6 Å². The highest BCUT2D eigenvalue weighted by Gasteiger charge is 2.47. The van der Waals surface area contributed by atoms with Crippen molar-refractivity contribution < 1.29 is 14.6 Å². The molecule has 3 rings (SSSR count). The predicted molar refractivity (Wildman–Crippen MR) is 83.6 cm³/mol. The molecule has 0 amide bonds. The normalized spacial score (nSPS) is 23.1. The van der Waals surface area contributed by atoms with E-state index in [1.54, 1.807) is 14.2 Å². The molecule has 1 N–H and O–H groups in total. The number of methoxy groups -OCH3 is 2. The number of phenolic OH excluding ortho intramolecular Hbond substituents is 1. The minimum Gasteiger partial charge on any atom is -0.502 e. The Bertz CT molecular complexity index is 530. The maximum absolute atomic E-state index is 10.5. The molecule has 1 saturated carbocycles. The Hall–Kier alpha value is -1.38. The number of fused-ring (bicyclic) bond motifs is 2. The fourth-order valence-electron chi connectivity index (χ4n) is 4.60. The molecule has 1 aromatic rings. The van der Waals surface area contributed by atoms with Crippen LogP contribution in [0.3, 0.4) is 0 Å². The fourth-order valence-corrected chi connectivity index (χ4v) is 4.60. The summed E-state index contributed by atoms with van der Waals surface area (Å²) in [4.78, 5) is 0. The summed E-state index contributed by atoms with van der Waals surface area (Å²) in [6.45, 7) is 2.25. The van der Waals surface area contributed by atoms with Gasteiger partial charge in [0, 0.05) is 5.56 Å². The maximum atomic E-state index is 10.5. The molecule has 21 heavy (non-hydrogen) atoms. The van der Waals surface area contributed by atoms with Crippen molar-refractivity contribution in [2.75, 3.05) is 14.2 Å². The SMILES string of the molecule is CC[C@@H]1CC2(CCCCC2)c2c1cc(OC)c(O)c2OC. The number of phenols is 1. The molecular weight excluding hydrogens is 264 g/mol. The highest BCUT2D eigenvalue weighted by molar-refractivity contribution is 5.63. The molecular formula is C18H26O3. The Kier molecular flexibility index (Phi) is 3.76. The van der Waals surface area contributed by atoms with Crippen LogP contribution in [0.4, 0.5) is 0 Å². The summed E-state index contributed by atoms with van der Waals surface area (Å²) in [7, 11) is 3.26. The van der Waals surface area contributed by atoms with Gasteiger partial charge in [-0.2, -0.15) is 0 Å². The Morgan fingerprint density at radius 2 is 1.90 bits per heavy atom. The first-order chi connectivity index (χ1) is 10.2. The molecule has 0 heterocycles. The second-order valence-electron chi connectivity index (χ2n) is 6.58. The largest absolute Gasteiger partial charge is 0.502 e. The van der Waals surface area contributed by atoms with E-state index >= 15 is 0 Å². The van der Waals surface area contributed by atoms with Gasteiger partial charge >= 0.3 is 0 Å². The zero-order valence-corrected chi connectivity index (χ0v) is 13.4. The van der Waals surface area contributed by atoms with Gasteiger partial charge in [0.2, 0.25) is 5.75 Å². The fraction of sp³-hybridized carbons (Fsp3) is 0.667. The Morgan fingerprint density at radius 3 is 2.48 bits per heavy atom. The Morgan fingerprint density at radius 1 is 1.19 bits per heavy atom. The van der Waals surface area contributed by atoms with E-state index in [0.717, 1.165) is 6.42 Å². The Labute approximate surface area is 127 Å². The zero-order valence-electron chi connectivity index (χ0n) is 13.4. The van der Waals surface area contributed by atoms with Crippen molar-refractivity contribution in [3.8, 4) is 17.2 Å². The molecule has 1 atom stereocenters. The van der Waals surface area contributed by atoms with Gasteiger partial charge in [-0.05, 0) is 48.6 Å². The van der Waals surface area contributed by atoms with E-state index in [9.17, 15) is 5.11 Å². The average Bonchev–Trinajstić information content (AvgIpc) is 2.81. The van der Waals surface area contributed by atoms with Gasteiger partial charge in [0.05, 0.1) is 14.2 Å². The number of aromatic hydroxyl groups is 1. The lowest BCUT2D eigenvalue weighted by atomic mass is 9.69. The topological polar surface area (TPSA) is 38.7 Å². The minimum absolute atomic E-state index is 0.167. The third-order valence-electron chi connectivity index (χ3n) is 5.59. The van der Waals surface area contributed by atoms with Gasteiger partial charge in [-0.25, -0.2) is 0 Å². The number of benzene rings is 1. The average molecular weight is 290 g/mol. The van der Waals surface area contributed by atoms with Crippen LogP contribution in [0.5, 0.6) is 17.2 Å². The van der Waals surface area contributed by atoms with Crippen molar-refractivity contribution >= 4 is 0 Å². The predicted octanol–water partition coefficient (Wildman–Crippen LogP) is 4.51. The third kappa shape index (κ3) is 2.09. The van der Waals surface area contributed by atoms with Crippen LogP contribution < -0.4 is 9.47 Å². The first kappa shape index (κ1) is 14.6. The molecule has 1 spiro atoms. The van der Waals surface area contributed by atoms with Crippen LogP contribution >= 0.6 is 0 Å². The van der Waals surface area contributed by atoms with Crippen LogP contribution in [-0.2, 0) is 5.41 Å². The van der Waals surface area contributed by atoms with Crippen molar-refractivity contribution in [2.24, 2.45) is 0 Å². The van der Waals surface area contributed by atoms with Crippen molar-refractivity contribution in [2.45, 2.75) is 63.2 Å². The molecule has 116 valence electrons. The van der Waals surface area contributed by atoms with E-state index in [4.69, 9.17) is 9.47 Å². The summed E-state index contributed by atoms with van der Waals surface area (Å²) >= 11 is 0. The lowest BCUT2D eigenvalue weighted by molar-refractivity contribution is 0.266. The van der Waals surface area contributed by atoms with Gasteiger partial charge in [0.25, 0.3) is 0 Å². The van der Waals surface area contributed by atoms with Crippen molar-refractivity contribution in [3.63, 3.8) is 0 Å². The zero-order chi connectivity index (χ0) is 15.0. The molecule has 1 aromatic carbocycles. The van der Waals surface area contributed by atoms with Crippen LogP contribution in [0.2, 0.25) is 0 Å². The van der Waals surface area contributed by atoms with Gasteiger partial charge in [0.15, 0.2) is 11.5 Å². The standard InChI is InChI=1S/C18H26O3/c1-4-12-11-18(8-6-5-7-9-18)15-13(12)10-14(20-2)16(19)17(15)21-3/h10,12,19H,4-9,11H2,1-3H3/t12-/m1/s1. The van der Waals surface area contributed by atoms with E-state index in [2.05, 4.69) is 6.92 Å². The monoisotopic (exact) mass is 290 g/mol. The molecule has 0 bridgehead atoms. The van der Waals surface area contributed by atoms with Gasteiger partial charge in [-0.3, -0.25) is 0 Å². The first-order valence-corrected chi connectivity index (χ1v) is 8.15. The van der Waals surface area contributed by atoms with Gasteiger partial charge in [-0.15, -0.1) is 0 Å². The molecule has 2 aliphatic rings. The lowest BCUT2D eigenvalue weighted by Gasteiger charge is -2.35. The van der Waals surface area contributed by atoms with Gasteiger partial charge in [-0.1, -0.05) is 26.2 Å².